The third-order valence-electron chi connectivity index (χ3n) is 2.39. The van der Waals surface area contributed by atoms with E-state index < -0.39 is 4.92 Å². The van der Waals surface area contributed by atoms with Crippen LogP contribution in [0.15, 0.2) is 30.6 Å². The van der Waals surface area contributed by atoms with Gasteiger partial charge in [-0.25, -0.2) is 9.97 Å². The van der Waals surface area contributed by atoms with E-state index in [4.69, 9.17) is 16.3 Å². The minimum Gasteiger partial charge on any atom is -0.423 e. The molecule has 0 atom stereocenters. The molecule has 0 unspecified atom stereocenters. The minimum absolute atomic E-state index is 0.104. The number of nitrogens with one attached hydrogen (secondary N) is 1. The first kappa shape index (κ1) is 14.2. The molecule has 0 saturated heterocycles. The molecule has 0 aliphatic rings. The molecule has 20 heavy (non-hydrogen) atoms. The summed E-state index contributed by atoms with van der Waals surface area (Å²) >= 11 is 5.91. The van der Waals surface area contributed by atoms with Crippen LogP contribution in [0.3, 0.4) is 0 Å². The summed E-state index contributed by atoms with van der Waals surface area (Å²) in [6.07, 6.45) is 3.25. The van der Waals surface area contributed by atoms with Crippen molar-refractivity contribution in [2.24, 2.45) is 0 Å². The summed E-state index contributed by atoms with van der Waals surface area (Å²) < 4.78 is 5.38. The van der Waals surface area contributed by atoms with E-state index in [1.54, 1.807) is 12.4 Å². The van der Waals surface area contributed by atoms with Crippen LogP contribution in [0, 0.1) is 10.1 Å². The van der Waals surface area contributed by atoms with Crippen LogP contribution in [0.1, 0.15) is 5.56 Å². The van der Waals surface area contributed by atoms with Gasteiger partial charge in [-0.1, -0.05) is 11.6 Å². The molecule has 0 bridgehead atoms. The summed E-state index contributed by atoms with van der Waals surface area (Å²) in [6.45, 7) is 0.651. The second kappa shape index (κ2) is 6.27. The van der Waals surface area contributed by atoms with Gasteiger partial charge in [-0.3, -0.25) is 10.1 Å². The first-order valence-electron chi connectivity index (χ1n) is 5.67. The molecule has 1 heterocycles. The van der Waals surface area contributed by atoms with Gasteiger partial charge in [0.05, 0.1) is 9.95 Å². The molecule has 0 aliphatic heterocycles. The average molecular weight is 295 g/mol. The molecule has 104 valence electrons. The molecule has 1 aromatic heterocycles. The van der Waals surface area contributed by atoms with Gasteiger partial charge in [-0.05, 0) is 13.1 Å². The Balaban J connectivity index is 2.15. The van der Waals surface area contributed by atoms with Crippen LogP contribution in [-0.4, -0.2) is 21.9 Å². The van der Waals surface area contributed by atoms with Crippen molar-refractivity contribution in [3.05, 3.63) is 51.3 Å². The van der Waals surface area contributed by atoms with E-state index in [9.17, 15) is 10.1 Å². The van der Waals surface area contributed by atoms with E-state index in [1.165, 1.54) is 18.2 Å². The number of nitro benzene ring substituents is 1. The smallest absolute Gasteiger partial charge is 0.321 e. The highest BCUT2D eigenvalue weighted by Crippen LogP contribution is 2.30. The third kappa shape index (κ3) is 3.40. The Morgan fingerprint density at radius 2 is 2.10 bits per heavy atom. The molecule has 0 radical (unpaired) electrons. The zero-order valence-electron chi connectivity index (χ0n) is 10.5. The Morgan fingerprint density at radius 1 is 1.40 bits per heavy atom. The number of nitrogens with zero attached hydrogens (tertiary/aromatic N) is 3. The van der Waals surface area contributed by atoms with Crippen molar-refractivity contribution >= 4 is 17.3 Å². The summed E-state index contributed by atoms with van der Waals surface area (Å²) in [5.74, 6) is 0.263. The zero-order chi connectivity index (χ0) is 14.5. The maximum Gasteiger partial charge on any atom is 0.321 e. The molecule has 0 amide bonds. The van der Waals surface area contributed by atoms with Crippen LogP contribution in [0.4, 0.5) is 5.69 Å². The number of aromatic nitrogens is 2. The number of rotatable bonds is 5. The van der Waals surface area contributed by atoms with Crippen molar-refractivity contribution in [3.63, 3.8) is 0 Å². The molecule has 0 fully saturated rings. The summed E-state index contributed by atoms with van der Waals surface area (Å²) in [6, 6.07) is 4.05. The lowest BCUT2D eigenvalue weighted by Crippen LogP contribution is -2.06. The molecular formula is C12H11ClN4O3. The lowest BCUT2D eigenvalue weighted by Gasteiger charge is -2.06. The molecule has 7 nitrogen and oxygen atoms in total. The van der Waals surface area contributed by atoms with Crippen LogP contribution in [0.5, 0.6) is 11.8 Å². The molecular weight excluding hydrogens is 284 g/mol. The number of nitro groups is 1. The standard InChI is InChI=1S/C12H11ClN4O3/c1-14-5-8-6-15-12(16-7-8)20-11-3-2-9(17(18)19)4-10(11)13/h2-4,6-7,14H,5H2,1H3. The lowest BCUT2D eigenvalue weighted by atomic mass is 10.3. The van der Waals surface area contributed by atoms with E-state index in [2.05, 4.69) is 15.3 Å². The summed E-state index contributed by atoms with van der Waals surface area (Å²) in [7, 11) is 1.82. The summed E-state index contributed by atoms with van der Waals surface area (Å²) in [4.78, 5) is 18.1. The minimum atomic E-state index is -0.529. The zero-order valence-corrected chi connectivity index (χ0v) is 11.3. The fraction of sp³-hybridized carbons (Fsp3) is 0.167. The Labute approximate surface area is 119 Å². The van der Waals surface area contributed by atoms with Crippen molar-refractivity contribution in [2.75, 3.05) is 7.05 Å². The molecule has 2 rings (SSSR count). The van der Waals surface area contributed by atoms with Crippen LogP contribution in [0.25, 0.3) is 0 Å². The molecule has 0 spiro atoms. The molecule has 8 heteroatoms. The quantitative estimate of drug-likeness (QED) is 0.673. The van der Waals surface area contributed by atoms with Crippen molar-refractivity contribution < 1.29 is 9.66 Å². The fourth-order valence-corrected chi connectivity index (χ4v) is 1.69. The van der Waals surface area contributed by atoms with Crippen molar-refractivity contribution in [2.45, 2.75) is 6.54 Å². The Kier molecular flexibility index (Phi) is 4.44. The van der Waals surface area contributed by atoms with Gasteiger partial charge in [0.25, 0.3) is 5.69 Å². The second-order valence-electron chi connectivity index (χ2n) is 3.88. The highest BCUT2D eigenvalue weighted by atomic mass is 35.5. The van der Waals surface area contributed by atoms with Gasteiger partial charge in [0, 0.05) is 36.6 Å². The number of benzene rings is 1. The summed E-state index contributed by atoms with van der Waals surface area (Å²) in [5, 5.41) is 13.7. The van der Waals surface area contributed by atoms with Gasteiger partial charge in [0.15, 0.2) is 0 Å². The third-order valence-corrected chi connectivity index (χ3v) is 2.69. The van der Waals surface area contributed by atoms with E-state index >= 15 is 0 Å². The maximum atomic E-state index is 10.6. The van der Waals surface area contributed by atoms with Gasteiger partial charge in [-0.2, -0.15) is 0 Å². The predicted molar refractivity (Wildman–Crippen MR) is 73.0 cm³/mol. The van der Waals surface area contributed by atoms with Gasteiger partial charge in [0.1, 0.15) is 5.75 Å². The van der Waals surface area contributed by atoms with E-state index in [1.807, 2.05) is 7.05 Å². The normalized spacial score (nSPS) is 10.3. The predicted octanol–water partition coefficient (Wildman–Crippen LogP) is 2.55. The SMILES string of the molecule is CNCc1cnc(Oc2ccc([N+](=O)[O-])cc2Cl)nc1. The largest absolute Gasteiger partial charge is 0.423 e. The molecule has 1 N–H and O–H groups in total. The number of ether oxygens (including phenoxy) is 1. The summed E-state index contributed by atoms with van der Waals surface area (Å²) in [5.41, 5.74) is 0.808. The van der Waals surface area contributed by atoms with Gasteiger partial charge in [-0.15, -0.1) is 0 Å². The Hall–Kier alpha value is -2.25. The number of non-ortho nitro benzene ring substituents is 1. The first-order chi connectivity index (χ1) is 9.60. The van der Waals surface area contributed by atoms with Crippen LogP contribution in [-0.2, 0) is 6.54 Å². The van der Waals surface area contributed by atoms with E-state index in [-0.39, 0.29) is 22.5 Å². The Bertz CT molecular complexity index is 619. The number of halogens is 1. The van der Waals surface area contributed by atoms with Crippen LogP contribution in [0.2, 0.25) is 5.02 Å². The Morgan fingerprint density at radius 3 is 2.65 bits per heavy atom. The molecule has 0 aliphatic carbocycles. The first-order valence-corrected chi connectivity index (χ1v) is 6.05. The lowest BCUT2D eigenvalue weighted by molar-refractivity contribution is -0.384. The van der Waals surface area contributed by atoms with Crippen molar-refractivity contribution in [1.29, 1.82) is 0 Å². The second-order valence-corrected chi connectivity index (χ2v) is 4.29. The fourth-order valence-electron chi connectivity index (χ4n) is 1.48. The van der Waals surface area contributed by atoms with E-state index in [0.717, 1.165) is 5.56 Å². The van der Waals surface area contributed by atoms with E-state index in [0.29, 0.717) is 6.54 Å². The molecule has 0 saturated carbocycles. The number of hydrogen-bond donors (Lipinski definition) is 1. The van der Waals surface area contributed by atoms with Crippen LogP contribution >= 0.6 is 11.6 Å². The maximum absolute atomic E-state index is 10.6. The highest BCUT2D eigenvalue weighted by Gasteiger charge is 2.11. The monoisotopic (exact) mass is 294 g/mol. The van der Waals surface area contributed by atoms with Crippen LogP contribution < -0.4 is 10.1 Å². The average Bonchev–Trinajstić information content (AvgIpc) is 2.43. The molecule has 1 aromatic carbocycles. The van der Waals surface area contributed by atoms with Gasteiger partial charge >= 0.3 is 6.01 Å². The number of hydrogen-bond acceptors (Lipinski definition) is 6. The van der Waals surface area contributed by atoms with Crippen molar-refractivity contribution in [3.8, 4) is 11.8 Å². The van der Waals surface area contributed by atoms with Crippen molar-refractivity contribution in [1.82, 2.24) is 15.3 Å². The molecule has 2 aromatic rings. The highest BCUT2D eigenvalue weighted by molar-refractivity contribution is 6.32. The van der Waals surface area contributed by atoms with Gasteiger partial charge in [0.2, 0.25) is 0 Å². The van der Waals surface area contributed by atoms with Gasteiger partial charge < -0.3 is 10.1 Å². The topological polar surface area (TPSA) is 90.2 Å².